The molecule has 0 bridgehead atoms. The minimum Gasteiger partial charge on any atom is -0.452 e. The third-order valence-corrected chi connectivity index (χ3v) is 4.86. The van der Waals surface area contributed by atoms with E-state index in [9.17, 15) is 24.5 Å². The van der Waals surface area contributed by atoms with Crippen LogP contribution in [0.4, 0.5) is 11.4 Å². The summed E-state index contributed by atoms with van der Waals surface area (Å²) in [6, 6.07) is 3.40. The Morgan fingerprint density at radius 2 is 2.10 bits per heavy atom. The average Bonchev–Trinajstić information content (AvgIpc) is 2.71. The van der Waals surface area contributed by atoms with E-state index in [1.807, 2.05) is 4.90 Å². The highest BCUT2D eigenvalue weighted by molar-refractivity contribution is 5.93. The van der Waals surface area contributed by atoms with E-state index >= 15 is 0 Å². The molecule has 164 valence electrons. The van der Waals surface area contributed by atoms with Gasteiger partial charge in [-0.1, -0.05) is 6.92 Å². The highest BCUT2D eigenvalue weighted by atomic mass is 16.6. The molecule has 1 aromatic rings. The zero-order valence-corrected chi connectivity index (χ0v) is 17.5. The highest BCUT2D eigenvalue weighted by Crippen LogP contribution is 2.32. The molecule has 1 heterocycles. The number of esters is 1. The molecule has 1 aromatic carbocycles. The third kappa shape index (κ3) is 6.16. The van der Waals surface area contributed by atoms with E-state index in [2.05, 4.69) is 17.6 Å². The Morgan fingerprint density at radius 3 is 2.73 bits per heavy atom. The number of hydrogen-bond donors (Lipinski definition) is 2. The van der Waals surface area contributed by atoms with E-state index in [-0.39, 0.29) is 17.2 Å². The quantitative estimate of drug-likeness (QED) is 0.371. The monoisotopic (exact) mass is 420 g/mol. The Hall–Kier alpha value is -3.17. The van der Waals surface area contributed by atoms with Crippen molar-refractivity contribution in [3.8, 4) is 0 Å². The van der Waals surface area contributed by atoms with Crippen LogP contribution in [0.5, 0.6) is 0 Å². The average molecular weight is 420 g/mol. The number of likely N-dealkylation sites (N-methyl/N-ethyl adjacent to an activating group) is 1. The van der Waals surface area contributed by atoms with Crippen LogP contribution in [0.1, 0.15) is 44.0 Å². The van der Waals surface area contributed by atoms with Gasteiger partial charge < -0.3 is 20.3 Å². The van der Waals surface area contributed by atoms with Gasteiger partial charge in [0.1, 0.15) is 11.7 Å². The SMILES string of the molecule is CCNC(=O)[C@@H](C)NC(=O)COC(=O)c1ccc(N2CCC[C@H](C)C2)c([N+](=O)[O-])c1. The van der Waals surface area contributed by atoms with Crippen molar-refractivity contribution >= 4 is 29.2 Å². The van der Waals surface area contributed by atoms with Crippen LogP contribution in [-0.2, 0) is 14.3 Å². The predicted octanol–water partition coefficient (Wildman–Crippen LogP) is 1.63. The van der Waals surface area contributed by atoms with Crippen LogP contribution in [-0.4, -0.2) is 55.0 Å². The van der Waals surface area contributed by atoms with E-state index in [0.717, 1.165) is 19.4 Å². The number of nitro groups is 1. The van der Waals surface area contributed by atoms with E-state index in [1.54, 1.807) is 13.0 Å². The lowest BCUT2D eigenvalue weighted by atomic mass is 9.99. The number of rotatable bonds is 8. The molecule has 10 nitrogen and oxygen atoms in total. The molecule has 0 spiro atoms. The Bertz CT molecular complexity index is 812. The van der Waals surface area contributed by atoms with Crippen molar-refractivity contribution in [1.29, 1.82) is 0 Å². The molecular weight excluding hydrogens is 392 g/mol. The van der Waals surface area contributed by atoms with Crippen LogP contribution in [0.25, 0.3) is 0 Å². The fraction of sp³-hybridized carbons (Fsp3) is 0.550. The van der Waals surface area contributed by atoms with Gasteiger partial charge >= 0.3 is 5.97 Å². The molecule has 0 aliphatic carbocycles. The smallest absolute Gasteiger partial charge is 0.338 e. The number of nitro benzene ring substituents is 1. The van der Waals surface area contributed by atoms with Crippen LogP contribution in [0.2, 0.25) is 0 Å². The summed E-state index contributed by atoms with van der Waals surface area (Å²) in [6.07, 6.45) is 2.03. The summed E-state index contributed by atoms with van der Waals surface area (Å²) in [5.41, 5.74) is 0.282. The molecular formula is C20H28N4O6. The molecule has 1 fully saturated rings. The first-order chi connectivity index (χ1) is 14.2. The van der Waals surface area contributed by atoms with Gasteiger partial charge in [0.25, 0.3) is 11.6 Å². The molecule has 0 radical (unpaired) electrons. The van der Waals surface area contributed by atoms with Crippen molar-refractivity contribution in [3.05, 3.63) is 33.9 Å². The zero-order valence-electron chi connectivity index (χ0n) is 17.5. The maximum atomic E-state index is 12.3. The standard InChI is InChI=1S/C20H28N4O6/c1-4-21-19(26)14(3)22-18(25)12-30-20(27)15-7-8-16(17(10-15)24(28)29)23-9-5-6-13(2)11-23/h7-8,10,13-14H,4-6,9,11-12H2,1-3H3,(H,21,26)(H,22,25)/t13-,14+/m0/s1. The van der Waals surface area contributed by atoms with Crippen molar-refractivity contribution in [1.82, 2.24) is 10.6 Å². The number of carbonyl (C=O) groups excluding carboxylic acids is 3. The second kappa shape index (κ2) is 10.6. The van der Waals surface area contributed by atoms with E-state index in [1.165, 1.54) is 19.1 Å². The number of amides is 2. The topological polar surface area (TPSA) is 131 Å². The van der Waals surface area contributed by atoms with Crippen LogP contribution >= 0.6 is 0 Å². The van der Waals surface area contributed by atoms with Crippen molar-refractivity contribution in [2.24, 2.45) is 5.92 Å². The first-order valence-corrected chi connectivity index (χ1v) is 10.0. The van der Waals surface area contributed by atoms with Crippen molar-refractivity contribution in [2.45, 2.75) is 39.7 Å². The molecule has 2 N–H and O–H groups in total. The van der Waals surface area contributed by atoms with Gasteiger partial charge in [0.2, 0.25) is 5.91 Å². The lowest BCUT2D eigenvalue weighted by Gasteiger charge is -2.32. The summed E-state index contributed by atoms with van der Waals surface area (Å²) in [6.45, 7) is 6.63. The second-order valence-electron chi connectivity index (χ2n) is 7.41. The van der Waals surface area contributed by atoms with Gasteiger partial charge in [0.15, 0.2) is 6.61 Å². The number of hydrogen-bond acceptors (Lipinski definition) is 7. The molecule has 10 heteroatoms. The molecule has 2 rings (SSSR count). The first kappa shape index (κ1) is 23.1. The zero-order chi connectivity index (χ0) is 22.3. The van der Waals surface area contributed by atoms with Gasteiger partial charge in [-0.15, -0.1) is 0 Å². The fourth-order valence-corrected chi connectivity index (χ4v) is 3.36. The van der Waals surface area contributed by atoms with Crippen molar-refractivity contribution in [3.63, 3.8) is 0 Å². The molecule has 0 unspecified atom stereocenters. The minimum atomic E-state index is -0.850. The molecule has 0 saturated carbocycles. The highest BCUT2D eigenvalue weighted by Gasteiger charge is 2.26. The van der Waals surface area contributed by atoms with Gasteiger partial charge in [-0.05, 0) is 44.7 Å². The molecule has 2 amide bonds. The van der Waals surface area contributed by atoms with Crippen LogP contribution in [0.3, 0.4) is 0 Å². The maximum Gasteiger partial charge on any atom is 0.338 e. The van der Waals surface area contributed by atoms with Crippen LogP contribution in [0.15, 0.2) is 18.2 Å². The van der Waals surface area contributed by atoms with Crippen LogP contribution < -0.4 is 15.5 Å². The van der Waals surface area contributed by atoms with Gasteiger partial charge in [-0.25, -0.2) is 4.79 Å². The fourth-order valence-electron chi connectivity index (χ4n) is 3.36. The summed E-state index contributed by atoms with van der Waals surface area (Å²) in [7, 11) is 0. The van der Waals surface area contributed by atoms with Crippen LogP contribution in [0, 0.1) is 16.0 Å². The lowest BCUT2D eigenvalue weighted by molar-refractivity contribution is -0.384. The molecule has 30 heavy (non-hydrogen) atoms. The van der Waals surface area contributed by atoms with E-state index in [4.69, 9.17) is 4.74 Å². The van der Waals surface area contributed by atoms with Gasteiger partial charge in [0, 0.05) is 25.7 Å². The Kier molecular flexibility index (Phi) is 8.14. The Balaban J connectivity index is 2.02. The number of piperidine rings is 1. The van der Waals surface area contributed by atoms with Gasteiger partial charge in [0.05, 0.1) is 10.5 Å². The number of nitrogens with zero attached hydrogens (tertiary/aromatic N) is 2. The van der Waals surface area contributed by atoms with Gasteiger partial charge in [-0.3, -0.25) is 19.7 Å². The Morgan fingerprint density at radius 1 is 1.37 bits per heavy atom. The molecule has 1 aliphatic rings. The summed E-state index contributed by atoms with van der Waals surface area (Å²) < 4.78 is 4.95. The minimum absolute atomic E-state index is 0.0138. The van der Waals surface area contributed by atoms with Gasteiger partial charge in [-0.2, -0.15) is 0 Å². The summed E-state index contributed by atoms with van der Waals surface area (Å²) in [5.74, 6) is -1.41. The number of anilines is 1. The number of ether oxygens (including phenoxy) is 1. The second-order valence-corrected chi connectivity index (χ2v) is 7.41. The van der Waals surface area contributed by atoms with E-state index in [0.29, 0.717) is 24.7 Å². The van der Waals surface area contributed by atoms with E-state index < -0.39 is 29.4 Å². The summed E-state index contributed by atoms with van der Waals surface area (Å²) in [4.78, 5) is 48.8. The largest absolute Gasteiger partial charge is 0.452 e. The Labute approximate surface area is 175 Å². The first-order valence-electron chi connectivity index (χ1n) is 10.0. The molecule has 0 aromatic heterocycles. The number of benzene rings is 1. The number of carbonyl (C=O) groups is 3. The summed E-state index contributed by atoms with van der Waals surface area (Å²) in [5, 5.41) is 16.5. The normalized spacial score (nSPS) is 17.0. The van der Waals surface area contributed by atoms with Crippen molar-refractivity contribution < 1.29 is 24.0 Å². The van der Waals surface area contributed by atoms with Crippen molar-refractivity contribution in [2.75, 3.05) is 31.1 Å². The molecule has 1 saturated heterocycles. The summed E-state index contributed by atoms with van der Waals surface area (Å²) >= 11 is 0. The molecule has 1 aliphatic heterocycles. The molecule has 2 atom stereocenters. The lowest BCUT2D eigenvalue weighted by Crippen LogP contribution is -2.46. The number of nitrogens with one attached hydrogen (secondary N) is 2. The maximum absolute atomic E-state index is 12.3. The predicted molar refractivity (Wildman–Crippen MR) is 110 cm³/mol. The third-order valence-electron chi connectivity index (χ3n) is 4.86.